The van der Waals surface area contributed by atoms with Crippen molar-refractivity contribution >= 4 is 0 Å². The van der Waals surface area contributed by atoms with E-state index in [1.807, 2.05) is 6.07 Å². The van der Waals surface area contributed by atoms with Crippen LogP contribution in [-0.2, 0) is 0 Å². The van der Waals surface area contributed by atoms with Crippen molar-refractivity contribution in [1.29, 1.82) is 0 Å². The van der Waals surface area contributed by atoms with Gasteiger partial charge in [0.2, 0.25) is 0 Å². The van der Waals surface area contributed by atoms with Gasteiger partial charge in [-0.1, -0.05) is 30.3 Å². The van der Waals surface area contributed by atoms with Crippen LogP contribution < -0.4 is 0 Å². The molecule has 0 aliphatic heterocycles. The molecule has 0 aromatic heterocycles. The van der Waals surface area contributed by atoms with Gasteiger partial charge < -0.3 is 5.11 Å². The molecule has 2 rings (SSSR count). The molecule has 1 atom stereocenters. The largest absolute Gasteiger partial charge is 0.384 e. The fourth-order valence-electron chi connectivity index (χ4n) is 1.70. The van der Waals surface area contributed by atoms with Crippen LogP contribution in [0.3, 0.4) is 0 Å². The summed E-state index contributed by atoms with van der Waals surface area (Å²) < 4.78 is 26.7. The van der Waals surface area contributed by atoms with E-state index in [0.29, 0.717) is 11.1 Å². The van der Waals surface area contributed by atoms with Crippen LogP contribution in [0.5, 0.6) is 0 Å². The highest BCUT2D eigenvalue weighted by molar-refractivity contribution is 5.33. The highest BCUT2D eigenvalue weighted by atomic mass is 19.1. The lowest BCUT2D eigenvalue weighted by molar-refractivity contribution is 0.214. The summed E-state index contributed by atoms with van der Waals surface area (Å²) in [6.07, 6.45) is -1.07. The number of aliphatic hydroxyl groups is 1. The summed E-state index contributed by atoms with van der Waals surface area (Å²) in [7, 11) is 0. The van der Waals surface area contributed by atoms with E-state index >= 15 is 0 Å². The molecule has 1 nitrogen and oxygen atoms in total. The van der Waals surface area contributed by atoms with Crippen LogP contribution >= 0.6 is 0 Å². The van der Waals surface area contributed by atoms with E-state index in [-0.39, 0.29) is 5.56 Å². The average molecular weight is 234 g/mol. The lowest BCUT2D eigenvalue weighted by Crippen LogP contribution is -2.04. The van der Waals surface area contributed by atoms with Crippen molar-refractivity contribution in [2.24, 2.45) is 0 Å². The number of halogens is 2. The summed E-state index contributed by atoms with van der Waals surface area (Å²) in [6.45, 7) is 1.54. The SMILES string of the molecule is Cc1cc(C(O)c2ccccc2)c(F)cc1F. The fraction of sp³-hybridized carbons (Fsp3) is 0.143. The normalized spacial score (nSPS) is 12.5. The molecule has 2 aromatic rings. The maximum Gasteiger partial charge on any atom is 0.132 e. The molecule has 17 heavy (non-hydrogen) atoms. The van der Waals surface area contributed by atoms with Crippen LogP contribution in [-0.4, -0.2) is 5.11 Å². The molecule has 0 amide bonds. The molecule has 0 saturated carbocycles. The fourth-order valence-corrected chi connectivity index (χ4v) is 1.70. The van der Waals surface area contributed by atoms with E-state index in [0.717, 1.165) is 6.07 Å². The summed E-state index contributed by atoms with van der Waals surface area (Å²) in [5, 5.41) is 10.0. The van der Waals surface area contributed by atoms with Gasteiger partial charge in [0.1, 0.15) is 17.7 Å². The summed E-state index contributed by atoms with van der Waals surface area (Å²) in [6, 6.07) is 10.9. The molecule has 2 aromatic carbocycles. The highest BCUT2D eigenvalue weighted by Gasteiger charge is 2.16. The minimum Gasteiger partial charge on any atom is -0.384 e. The van der Waals surface area contributed by atoms with Gasteiger partial charge >= 0.3 is 0 Å². The van der Waals surface area contributed by atoms with Crippen molar-refractivity contribution in [3.63, 3.8) is 0 Å². The number of aryl methyl sites for hydroxylation is 1. The van der Waals surface area contributed by atoms with Gasteiger partial charge in [-0.05, 0) is 24.1 Å². The molecule has 0 bridgehead atoms. The van der Waals surface area contributed by atoms with Crippen LogP contribution in [0.15, 0.2) is 42.5 Å². The molecule has 0 saturated heterocycles. The van der Waals surface area contributed by atoms with E-state index < -0.39 is 17.7 Å². The first kappa shape index (κ1) is 11.7. The van der Waals surface area contributed by atoms with Crippen molar-refractivity contribution in [2.75, 3.05) is 0 Å². The van der Waals surface area contributed by atoms with Gasteiger partial charge in [-0.2, -0.15) is 0 Å². The Kier molecular flexibility index (Phi) is 3.20. The van der Waals surface area contributed by atoms with Crippen LogP contribution in [0.25, 0.3) is 0 Å². The summed E-state index contributed by atoms with van der Waals surface area (Å²) in [5.41, 5.74) is 0.990. The van der Waals surface area contributed by atoms with E-state index in [1.54, 1.807) is 24.3 Å². The number of hydrogen-bond acceptors (Lipinski definition) is 1. The first-order chi connectivity index (χ1) is 8.09. The van der Waals surface area contributed by atoms with E-state index in [4.69, 9.17) is 0 Å². The van der Waals surface area contributed by atoms with E-state index in [1.165, 1.54) is 13.0 Å². The Morgan fingerprint density at radius 1 is 1.00 bits per heavy atom. The molecule has 0 fully saturated rings. The molecular weight excluding hydrogens is 222 g/mol. The predicted molar refractivity (Wildman–Crippen MR) is 61.6 cm³/mol. The molecule has 0 spiro atoms. The summed E-state index contributed by atoms with van der Waals surface area (Å²) >= 11 is 0. The van der Waals surface area contributed by atoms with Crippen LogP contribution in [0.1, 0.15) is 22.8 Å². The summed E-state index contributed by atoms with van der Waals surface area (Å²) in [5.74, 6) is -1.34. The van der Waals surface area contributed by atoms with Gasteiger partial charge in [0.25, 0.3) is 0 Å². The third kappa shape index (κ3) is 2.34. The van der Waals surface area contributed by atoms with Gasteiger partial charge in [-0.25, -0.2) is 8.78 Å². The van der Waals surface area contributed by atoms with Gasteiger partial charge in [0, 0.05) is 11.6 Å². The van der Waals surface area contributed by atoms with Crippen molar-refractivity contribution in [2.45, 2.75) is 13.0 Å². The Morgan fingerprint density at radius 2 is 1.65 bits per heavy atom. The molecule has 3 heteroatoms. The minimum atomic E-state index is -1.07. The smallest absolute Gasteiger partial charge is 0.132 e. The lowest BCUT2D eigenvalue weighted by Gasteiger charge is -2.13. The monoisotopic (exact) mass is 234 g/mol. The zero-order valence-electron chi connectivity index (χ0n) is 9.32. The molecule has 0 aliphatic carbocycles. The maximum absolute atomic E-state index is 13.6. The molecular formula is C14H12F2O. The second kappa shape index (κ2) is 4.63. The molecule has 1 N–H and O–H groups in total. The first-order valence-electron chi connectivity index (χ1n) is 5.28. The summed E-state index contributed by atoms with van der Waals surface area (Å²) in [4.78, 5) is 0. The van der Waals surface area contributed by atoms with Gasteiger partial charge in [-0.15, -0.1) is 0 Å². The Labute approximate surface area is 98.3 Å². The Hall–Kier alpha value is -1.74. The molecule has 0 radical (unpaired) electrons. The van der Waals surface area contributed by atoms with Gasteiger partial charge in [0.05, 0.1) is 0 Å². The third-order valence-electron chi connectivity index (χ3n) is 2.69. The Morgan fingerprint density at radius 3 is 2.29 bits per heavy atom. The van der Waals surface area contributed by atoms with E-state index in [9.17, 15) is 13.9 Å². The van der Waals surface area contributed by atoms with Gasteiger partial charge in [-0.3, -0.25) is 0 Å². The Bertz CT molecular complexity index is 523. The van der Waals surface area contributed by atoms with Crippen molar-refractivity contribution < 1.29 is 13.9 Å². The second-order valence-corrected chi connectivity index (χ2v) is 3.94. The first-order valence-corrected chi connectivity index (χ1v) is 5.28. The van der Waals surface area contributed by atoms with Gasteiger partial charge in [0.15, 0.2) is 0 Å². The van der Waals surface area contributed by atoms with Crippen LogP contribution in [0.2, 0.25) is 0 Å². The zero-order valence-corrected chi connectivity index (χ0v) is 9.32. The molecule has 0 heterocycles. The lowest BCUT2D eigenvalue weighted by atomic mass is 9.99. The van der Waals surface area contributed by atoms with Crippen molar-refractivity contribution in [3.8, 4) is 0 Å². The molecule has 1 unspecified atom stereocenters. The van der Waals surface area contributed by atoms with Crippen molar-refractivity contribution in [3.05, 3.63) is 70.8 Å². The maximum atomic E-state index is 13.6. The topological polar surface area (TPSA) is 20.2 Å². The quantitative estimate of drug-likeness (QED) is 0.844. The third-order valence-corrected chi connectivity index (χ3v) is 2.69. The van der Waals surface area contributed by atoms with Crippen LogP contribution in [0.4, 0.5) is 8.78 Å². The van der Waals surface area contributed by atoms with Crippen LogP contribution in [0, 0.1) is 18.6 Å². The standard InChI is InChI=1S/C14H12F2O/c1-9-7-11(13(16)8-12(9)15)14(17)10-5-3-2-4-6-10/h2-8,14,17H,1H3. The number of aliphatic hydroxyl groups excluding tert-OH is 1. The van der Waals surface area contributed by atoms with E-state index in [2.05, 4.69) is 0 Å². The number of rotatable bonds is 2. The highest BCUT2D eigenvalue weighted by Crippen LogP contribution is 2.26. The van der Waals surface area contributed by atoms with Crippen molar-refractivity contribution in [1.82, 2.24) is 0 Å². The second-order valence-electron chi connectivity index (χ2n) is 3.94. The molecule has 0 aliphatic rings. The minimum absolute atomic E-state index is 0.0927. The predicted octanol–water partition coefficient (Wildman–Crippen LogP) is 3.35. The molecule has 88 valence electrons. The number of benzene rings is 2. The zero-order chi connectivity index (χ0) is 12.4. The average Bonchev–Trinajstić information content (AvgIpc) is 2.34. The number of hydrogen-bond donors (Lipinski definition) is 1. The Balaban J connectivity index is 2.44.